The van der Waals surface area contributed by atoms with E-state index in [-0.39, 0.29) is 24.0 Å². The summed E-state index contributed by atoms with van der Waals surface area (Å²) in [5.41, 5.74) is 2.65. The van der Waals surface area contributed by atoms with Gasteiger partial charge in [-0.2, -0.15) is 0 Å². The quantitative estimate of drug-likeness (QED) is 0.224. The van der Waals surface area contributed by atoms with Crippen LogP contribution in [0.3, 0.4) is 0 Å². The van der Waals surface area contributed by atoms with Gasteiger partial charge in [-0.15, -0.1) is 24.0 Å². The van der Waals surface area contributed by atoms with Gasteiger partial charge in [0.15, 0.2) is 5.96 Å². The molecule has 154 valence electrons. The highest BCUT2D eigenvalue weighted by Crippen LogP contribution is 2.28. The minimum atomic E-state index is 0. The molecule has 0 saturated heterocycles. The molecule has 1 aliphatic carbocycles. The molecular formula is C21H37IN4O. The monoisotopic (exact) mass is 488 g/mol. The summed E-state index contributed by atoms with van der Waals surface area (Å²) in [5, 5.41) is 3.46. The molecule has 0 atom stereocenters. The van der Waals surface area contributed by atoms with Gasteiger partial charge in [0.2, 0.25) is 0 Å². The Labute approximate surface area is 182 Å². The molecule has 0 aromatic heterocycles. The van der Waals surface area contributed by atoms with Crippen LogP contribution in [0.5, 0.6) is 0 Å². The minimum Gasteiger partial charge on any atom is -0.379 e. The third kappa shape index (κ3) is 9.25. The van der Waals surface area contributed by atoms with Gasteiger partial charge in [0, 0.05) is 40.3 Å². The van der Waals surface area contributed by atoms with Crippen LogP contribution in [-0.4, -0.2) is 62.7 Å². The maximum atomic E-state index is 5.73. The fraction of sp³-hybridized carbons (Fsp3) is 0.667. The van der Waals surface area contributed by atoms with E-state index in [2.05, 4.69) is 65.3 Å². The van der Waals surface area contributed by atoms with Gasteiger partial charge in [0.25, 0.3) is 0 Å². The summed E-state index contributed by atoms with van der Waals surface area (Å²) in [5.74, 6) is 1.73. The molecular weight excluding hydrogens is 451 g/mol. The molecule has 27 heavy (non-hydrogen) atoms. The second-order valence-electron chi connectivity index (χ2n) is 7.12. The van der Waals surface area contributed by atoms with Gasteiger partial charge in [0.05, 0.1) is 6.61 Å². The van der Waals surface area contributed by atoms with Crippen molar-refractivity contribution in [3.05, 3.63) is 35.4 Å². The smallest absolute Gasteiger partial charge is 0.193 e. The van der Waals surface area contributed by atoms with Crippen LogP contribution in [0.4, 0.5) is 0 Å². The number of nitrogens with zero attached hydrogens (tertiary/aromatic N) is 3. The van der Waals surface area contributed by atoms with Crippen LogP contribution in [0.15, 0.2) is 29.3 Å². The van der Waals surface area contributed by atoms with E-state index in [1.165, 1.54) is 24.0 Å². The molecule has 2 rings (SSSR count). The fourth-order valence-corrected chi connectivity index (χ4v) is 2.95. The Morgan fingerprint density at radius 2 is 1.93 bits per heavy atom. The highest BCUT2D eigenvalue weighted by Gasteiger charge is 2.21. The number of likely N-dealkylation sites (N-methyl/N-ethyl adjacent to an activating group) is 1. The number of guanidine groups is 1. The van der Waals surface area contributed by atoms with Crippen molar-refractivity contribution < 1.29 is 4.74 Å². The number of aliphatic imine (C=N–C) groups is 1. The number of hydrogen-bond donors (Lipinski definition) is 1. The molecule has 0 unspecified atom stereocenters. The van der Waals surface area contributed by atoms with Crippen molar-refractivity contribution >= 4 is 29.9 Å². The maximum Gasteiger partial charge on any atom is 0.193 e. The maximum absolute atomic E-state index is 5.73. The van der Waals surface area contributed by atoms with E-state index in [0.717, 1.165) is 57.8 Å². The van der Waals surface area contributed by atoms with Gasteiger partial charge < -0.3 is 15.0 Å². The first kappa shape index (κ1) is 24.2. The highest BCUT2D eigenvalue weighted by molar-refractivity contribution is 14.0. The first-order valence-electron chi connectivity index (χ1n) is 9.95. The largest absolute Gasteiger partial charge is 0.379 e. The lowest BCUT2D eigenvalue weighted by atomic mass is 10.1. The average Bonchev–Trinajstić information content (AvgIpc) is 3.48. The molecule has 5 nitrogen and oxygen atoms in total. The van der Waals surface area contributed by atoms with Crippen LogP contribution in [-0.2, 0) is 17.8 Å². The lowest BCUT2D eigenvalue weighted by molar-refractivity contribution is 0.115. The zero-order valence-corrected chi connectivity index (χ0v) is 19.7. The Balaban J connectivity index is 0.00000364. The summed E-state index contributed by atoms with van der Waals surface area (Å²) in [6.45, 7) is 10.9. The number of hydrogen-bond acceptors (Lipinski definition) is 3. The van der Waals surface area contributed by atoms with Gasteiger partial charge in [-0.1, -0.05) is 38.1 Å². The predicted octanol–water partition coefficient (Wildman–Crippen LogP) is 3.58. The zero-order valence-electron chi connectivity index (χ0n) is 17.4. The first-order valence-corrected chi connectivity index (χ1v) is 9.95. The van der Waals surface area contributed by atoms with Crippen molar-refractivity contribution in [2.75, 3.05) is 46.9 Å². The minimum absolute atomic E-state index is 0. The molecule has 1 aliphatic rings. The topological polar surface area (TPSA) is 40.1 Å². The standard InChI is InChI=1S/C21H36N4O.HI/c1-5-25(6-2)16-20-9-7-8-19(14-20)15-23-21(22-3)24(4)12-13-26-17-18-10-11-18;/h7-9,14,18H,5-6,10-13,15-17H2,1-4H3,(H,22,23);1H. The van der Waals surface area contributed by atoms with Crippen LogP contribution >= 0.6 is 24.0 Å². The summed E-state index contributed by atoms with van der Waals surface area (Å²) >= 11 is 0. The molecule has 1 fully saturated rings. The van der Waals surface area contributed by atoms with Gasteiger partial charge >= 0.3 is 0 Å². The van der Waals surface area contributed by atoms with Gasteiger partial charge in [-0.3, -0.25) is 9.89 Å². The molecule has 0 bridgehead atoms. The summed E-state index contributed by atoms with van der Waals surface area (Å²) in [7, 11) is 3.90. The normalized spacial score (nSPS) is 14.2. The molecule has 0 radical (unpaired) electrons. The Hall–Kier alpha value is -0.860. The van der Waals surface area contributed by atoms with Crippen LogP contribution in [0.2, 0.25) is 0 Å². The Kier molecular flexibility index (Phi) is 11.9. The van der Waals surface area contributed by atoms with E-state index >= 15 is 0 Å². The SMILES string of the molecule is CCN(CC)Cc1cccc(CNC(=NC)N(C)CCOCC2CC2)c1.I. The first-order chi connectivity index (χ1) is 12.7. The van der Waals surface area contributed by atoms with Crippen molar-refractivity contribution in [2.45, 2.75) is 39.8 Å². The highest BCUT2D eigenvalue weighted by atomic mass is 127. The van der Waals surface area contributed by atoms with Crippen LogP contribution in [0, 0.1) is 5.92 Å². The summed E-state index contributed by atoms with van der Waals surface area (Å²) in [6, 6.07) is 8.82. The molecule has 0 aliphatic heterocycles. The lowest BCUT2D eigenvalue weighted by Gasteiger charge is -2.22. The summed E-state index contributed by atoms with van der Waals surface area (Å²) in [4.78, 5) is 8.96. The van der Waals surface area contributed by atoms with E-state index < -0.39 is 0 Å². The predicted molar refractivity (Wildman–Crippen MR) is 125 cm³/mol. The summed E-state index contributed by atoms with van der Waals surface area (Å²) in [6.07, 6.45) is 2.68. The van der Waals surface area contributed by atoms with Gasteiger partial charge in [-0.05, 0) is 43.0 Å². The van der Waals surface area contributed by atoms with Gasteiger partial charge in [-0.25, -0.2) is 0 Å². The second-order valence-corrected chi connectivity index (χ2v) is 7.12. The van der Waals surface area contributed by atoms with Crippen molar-refractivity contribution in [1.29, 1.82) is 0 Å². The molecule has 1 saturated carbocycles. The number of ether oxygens (including phenoxy) is 1. The second kappa shape index (κ2) is 13.3. The molecule has 0 amide bonds. The molecule has 1 N–H and O–H groups in total. The molecule has 0 spiro atoms. The van der Waals surface area contributed by atoms with Crippen LogP contribution in [0.25, 0.3) is 0 Å². The van der Waals surface area contributed by atoms with E-state index in [0.29, 0.717) is 0 Å². The number of halogens is 1. The van der Waals surface area contributed by atoms with E-state index in [4.69, 9.17) is 4.74 Å². The molecule has 1 aromatic rings. The lowest BCUT2D eigenvalue weighted by Crippen LogP contribution is -2.40. The van der Waals surface area contributed by atoms with Crippen LogP contribution < -0.4 is 5.32 Å². The average molecular weight is 488 g/mol. The van der Waals surface area contributed by atoms with Crippen molar-refractivity contribution in [1.82, 2.24) is 15.1 Å². The molecule has 0 heterocycles. The van der Waals surface area contributed by atoms with Gasteiger partial charge in [0.1, 0.15) is 0 Å². The summed E-state index contributed by atoms with van der Waals surface area (Å²) < 4.78 is 5.73. The Morgan fingerprint density at radius 3 is 2.56 bits per heavy atom. The van der Waals surface area contributed by atoms with Crippen LogP contribution in [0.1, 0.15) is 37.8 Å². The van der Waals surface area contributed by atoms with E-state index in [1.807, 2.05) is 7.05 Å². The van der Waals surface area contributed by atoms with E-state index in [9.17, 15) is 0 Å². The number of rotatable bonds is 11. The van der Waals surface area contributed by atoms with E-state index in [1.54, 1.807) is 0 Å². The fourth-order valence-electron chi connectivity index (χ4n) is 2.95. The molecule has 6 heteroatoms. The third-order valence-corrected chi connectivity index (χ3v) is 4.94. The number of benzene rings is 1. The Bertz CT molecular complexity index is 559. The zero-order chi connectivity index (χ0) is 18.8. The number of nitrogens with one attached hydrogen (secondary N) is 1. The Morgan fingerprint density at radius 1 is 1.22 bits per heavy atom. The van der Waals surface area contributed by atoms with Crippen molar-refractivity contribution in [2.24, 2.45) is 10.9 Å². The molecule has 1 aromatic carbocycles. The van der Waals surface area contributed by atoms with Crippen molar-refractivity contribution in [3.8, 4) is 0 Å². The van der Waals surface area contributed by atoms with Crippen molar-refractivity contribution in [3.63, 3.8) is 0 Å². The third-order valence-electron chi connectivity index (χ3n) is 4.94.